The van der Waals surface area contributed by atoms with Crippen molar-refractivity contribution in [1.82, 2.24) is 0 Å². The van der Waals surface area contributed by atoms with Crippen LogP contribution in [0.2, 0.25) is 0 Å². The van der Waals surface area contributed by atoms with Crippen LogP contribution in [0.25, 0.3) is 5.76 Å². The summed E-state index contributed by atoms with van der Waals surface area (Å²) in [5.41, 5.74) is 3.26. The van der Waals surface area contributed by atoms with Crippen LogP contribution >= 0.6 is 0 Å². The van der Waals surface area contributed by atoms with Gasteiger partial charge in [0.05, 0.1) is 24.3 Å². The van der Waals surface area contributed by atoms with Crippen molar-refractivity contribution in [2.75, 3.05) is 30.0 Å². The van der Waals surface area contributed by atoms with Gasteiger partial charge in [0.1, 0.15) is 17.3 Å². The van der Waals surface area contributed by atoms with Gasteiger partial charge in [-0.15, -0.1) is 0 Å². The number of hydrogen-bond acceptors (Lipinski definition) is 6. The molecule has 0 saturated carbocycles. The maximum atomic E-state index is 13.4. The third-order valence-electron chi connectivity index (χ3n) is 6.52. The molecule has 1 fully saturated rings. The van der Waals surface area contributed by atoms with Crippen molar-refractivity contribution >= 4 is 28.8 Å². The predicted molar refractivity (Wildman–Crippen MR) is 141 cm³/mol. The van der Waals surface area contributed by atoms with Crippen molar-refractivity contribution in [2.45, 2.75) is 26.8 Å². The number of aliphatic hydroxyl groups excluding tert-OH is 1. The highest BCUT2D eigenvalue weighted by molar-refractivity contribution is 6.51. The van der Waals surface area contributed by atoms with E-state index in [-0.39, 0.29) is 17.1 Å². The number of ether oxygens (including phenoxy) is 1. The molecule has 0 aliphatic carbocycles. The highest BCUT2D eigenvalue weighted by atomic mass is 16.5. The zero-order chi connectivity index (χ0) is 26.0. The lowest BCUT2D eigenvalue weighted by Gasteiger charge is -2.27. The fourth-order valence-corrected chi connectivity index (χ4v) is 4.64. The Labute approximate surface area is 210 Å². The first-order valence-corrected chi connectivity index (χ1v) is 11.9. The van der Waals surface area contributed by atoms with Crippen molar-refractivity contribution in [2.24, 2.45) is 0 Å². The van der Waals surface area contributed by atoms with Crippen LogP contribution in [0.1, 0.15) is 36.6 Å². The van der Waals surface area contributed by atoms with Crippen LogP contribution in [-0.4, -0.2) is 42.1 Å². The summed E-state index contributed by atoms with van der Waals surface area (Å²) in [5, 5.41) is 21.3. The van der Waals surface area contributed by atoms with Crippen molar-refractivity contribution in [1.29, 1.82) is 0 Å². The number of anilines is 2. The van der Waals surface area contributed by atoms with Gasteiger partial charge in [0.2, 0.25) is 0 Å². The quantitative estimate of drug-likeness (QED) is 0.272. The first-order chi connectivity index (χ1) is 17.3. The lowest BCUT2D eigenvalue weighted by atomic mass is 9.94. The number of aryl methyl sites for hydroxylation is 1. The molecule has 7 heteroatoms. The highest BCUT2D eigenvalue weighted by Crippen LogP contribution is 2.44. The Kier molecular flexibility index (Phi) is 7.01. The van der Waals surface area contributed by atoms with Crippen LogP contribution in [0.15, 0.2) is 72.3 Å². The highest BCUT2D eigenvalue weighted by Gasteiger charge is 2.47. The van der Waals surface area contributed by atoms with E-state index in [1.54, 1.807) is 36.4 Å². The Hall–Kier alpha value is -4.26. The van der Waals surface area contributed by atoms with Crippen molar-refractivity contribution in [3.05, 3.63) is 89.0 Å². The Balaban J connectivity index is 1.91. The molecule has 0 radical (unpaired) electrons. The van der Waals surface area contributed by atoms with Crippen LogP contribution in [0.4, 0.5) is 11.4 Å². The summed E-state index contributed by atoms with van der Waals surface area (Å²) >= 11 is 0. The van der Waals surface area contributed by atoms with Gasteiger partial charge in [0.25, 0.3) is 11.7 Å². The summed E-state index contributed by atoms with van der Waals surface area (Å²) in [4.78, 5) is 30.4. The fraction of sp³-hybridized carbons (Fsp3) is 0.241. The van der Waals surface area contributed by atoms with Gasteiger partial charge in [-0.25, -0.2) is 0 Å². The van der Waals surface area contributed by atoms with Gasteiger partial charge in [0, 0.05) is 24.5 Å². The van der Waals surface area contributed by atoms with Crippen LogP contribution in [0, 0.1) is 6.92 Å². The molecule has 1 aliphatic heterocycles. The molecule has 0 aromatic heterocycles. The number of nitrogens with zero attached hydrogens (tertiary/aromatic N) is 2. The first kappa shape index (κ1) is 24.9. The number of phenolic OH excluding ortho intramolecular Hbond substituents is 1. The molecule has 0 spiro atoms. The largest absolute Gasteiger partial charge is 0.508 e. The second kappa shape index (κ2) is 10.2. The molecule has 1 amide bonds. The minimum Gasteiger partial charge on any atom is -0.508 e. The van der Waals surface area contributed by atoms with Crippen molar-refractivity contribution in [3.63, 3.8) is 0 Å². The monoisotopic (exact) mass is 486 g/mol. The minimum atomic E-state index is -0.893. The molecule has 0 bridgehead atoms. The second-order valence-electron chi connectivity index (χ2n) is 8.65. The van der Waals surface area contributed by atoms with Crippen LogP contribution in [0.3, 0.4) is 0 Å². The summed E-state index contributed by atoms with van der Waals surface area (Å²) in [6.45, 7) is 7.68. The summed E-state index contributed by atoms with van der Waals surface area (Å²) in [5.74, 6) is -1.40. The van der Waals surface area contributed by atoms with E-state index in [0.717, 1.165) is 24.3 Å². The van der Waals surface area contributed by atoms with E-state index in [4.69, 9.17) is 4.74 Å². The lowest BCUT2D eigenvalue weighted by Crippen LogP contribution is -2.29. The van der Waals surface area contributed by atoms with E-state index < -0.39 is 17.7 Å². The average Bonchev–Trinajstić information content (AvgIpc) is 3.15. The number of rotatable bonds is 7. The molecule has 2 N–H and O–H groups in total. The summed E-state index contributed by atoms with van der Waals surface area (Å²) in [7, 11) is 1.48. The smallest absolute Gasteiger partial charge is 0.300 e. The van der Waals surface area contributed by atoms with Crippen LogP contribution in [0.5, 0.6) is 11.5 Å². The molecule has 36 heavy (non-hydrogen) atoms. The maximum Gasteiger partial charge on any atom is 0.300 e. The van der Waals surface area contributed by atoms with E-state index in [1.807, 2.05) is 25.1 Å². The maximum absolute atomic E-state index is 13.4. The molecule has 4 rings (SSSR count). The molecule has 3 aromatic rings. The predicted octanol–water partition coefficient (Wildman–Crippen LogP) is 5.18. The molecule has 186 valence electrons. The third-order valence-corrected chi connectivity index (χ3v) is 6.52. The number of benzene rings is 3. The Morgan fingerprint density at radius 2 is 1.61 bits per heavy atom. The van der Waals surface area contributed by atoms with E-state index in [0.29, 0.717) is 22.6 Å². The molecular formula is C29H30N2O5. The molecule has 1 heterocycles. The number of aromatic hydroxyl groups is 1. The van der Waals surface area contributed by atoms with Gasteiger partial charge in [-0.3, -0.25) is 14.5 Å². The van der Waals surface area contributed by atoms with Crippen molar-refractivity contribution in [3.8, 4) is 11.5 Å². The number of amides is 1. The van der Waals surface area contributed by atoms with Gasteiger partial charge in [-0.1, -0.05) is 23.8 Å². The topological polar surface area (TPSA) is 90.3 Å². The molecular weight excluding hydrogens is 456 g/mol. The third kappa shape index (κ3) is 4.40. The molecule has 1 saturated heterocycles. The van der Waals surface area contributed by atoms with E-state index in [9.17, 15) is 19.8 Å². The normalized spacial score (nSPS) is 16.9. The molecule has 3 aromatic carbocycles. The zero-order valence-corrected chi connectivity index (χ0v) is 20.9. The van der Waals surface area contributed by atoms with Gasteiger partial charge < -0.3 is 19.8 Å². The number of Topliss-reactive ketones (excluding diaryl/α,β-unsaturated/α-hetero) is 1. The van der Waals surface area contributed by atoms with Crippen molar-refractivity contribution < 1.29 is 24.5 Å². The van der Waals surface area contributed by atoms with Crippen LogP contribution < -0.4 is 14.5 Å². The molecule has 1 atom stereocenters. The summed E-state index contributed by atoms with van der Waals surface area (Å²) in [6, 6.07) is 18.1. The Morgan fingerprint density at radius 1 is 0.972 bits per heavy atom. The summed E-state index contributed by atoms with van der Waals surface area (Å²) in [6.07, 6.45) is 0. The number of phenols is 1. The van der Waals surface area contributed by atoms with Gasteiger partial charge in [0.15, 0.2) is 0 Å². The number of ketones is 1. The Morgan fingerprint density at radius 3 is 2.19 bits per heavy atom. The first-order valence-electron chi connectivity index (χ1n) is 11.9. The van der Waals surface area contributed by atoms with E-state index in [2.05, 4.69) is 18.7 Å². The molecule has 7 nitrogen and oxygen atoms in total. The number of aliphatic hydroxyl groups is 1. The number of methoxy groups -OCH3 is 1. The second-order valence-corrected chi connectivity index (χ2v) is 8.65. The summed E-state index contributed by atoms with van der Waals surface area (Å²) < 4.78 is 5.43. The standard InChI is InChI=1S/C29H30N2O5/c1-5-30(6-2)20-10-12-21(13-11-20)31-26(19-8-14-22(32)15-9-19)25(28(34)29(31)35)27(33)23-17-18(3)7-16-24(23)36-4/h7-17,26,32-33H,5-6H2,1-4H3/b27-25+. The zero-order valence-electron chi connectivity index (χ0n) is 20.9. The van der Waals surface area contributed by atoms with Gasteiger partial charge >= 0.3 is 0 Å². The average molecular weight is 487 g/mol. The number of carbonyl (C=O) groups is 2. The number of carbonyl (C=O) groups excluding carboxylic acids is 2. The minimum absolute atomic E-state index is 0.0394. The SMILES string of the molecule is CCN(CC)c1ccc(N2C(=O)C(=O)/C(=C(/O)c3cc(C)ccc3OC)C2c2ccc(O)cc2)cc1. The van der Waals surface area contributed by atoms with Gasteiger partial charge in [-0.05, 0) is 74.9 Å². The van der Waals surface area contributed by atoms with E-state index in [1.165, 1.54) is 24.1 Å². The van der Waals surface area contributed by atoms with Crippen LogP contribution in [-0.2, 0) is 9.59 Å². The van der Waals surface area contributed by atoms with E-state index >= 15 is 0 Å². The Bertz CT molecular complexity index is 1310. The fourth-order valence-electron chi connectivity index (χ4n) is 4.64. The lowest BCUT2D eigenvalue weighted by molar-refractivity contribution is -0.132. The van der Waals surface area contributed by atoms with Gasteiger partial charge in [-0.2, -0.15) is 0 Å². The molecule has 1 aliphatic rings. The number of hydrogen-bond donors (Lipinski definition) is 2. The molecule has 1 unspecified atom stereocenters.